The van der Waals surface area contributed by atoms with Gasteiger partial charge in [-0.1, -0.05) is 137 Å². The van der Waals surface area contributed by atoms with Crippen molar-refractivity contribution in [2.24, 2.45) is 0 Å². The quantitative estimate of drug-likeness (QED) is 0.163. The maximum absolute atomic E-state index is 3.57. The van der Waals surface area contributed by atoms with Crippen molar-refractivity contribution >= 4 is 96.0 Å². The number of nitrogens with zero attached hydrogens (tertiary/aromatic N) is 1. The monoisotopic (exact) mass is 763 g/mol. The van der Waals surface area contributed by atoms with Crippen molar-refractivity contribution in [2.75, 3.05) is 4.90 Å². The number of hydrogen-bond acceptors (Lipinski definition) is 3. The van der Waals surface area contributed by atoms with Crippen molar-refractivity contribution in [1.82, 2.24) is 0 Å². The molecule has 0 unspecified atom stereocenters. The van der Waals surface area contributed by atoms with E-state index >= 15 is 0 Å². The minimum Gasteiger partial charge on any atom is -0.311 e. The van der Waals surface area contributed by atoms with Crippen molar-refractivity contribution in [3.05, 3.63) is 186 Å². The molecule has 52 heavy (non-hydrogen) atoms. The van der Waals surface area contributed by atoms with Gasteiger partial charge in [-0.3, -0.25) is 0 Å². The number of benzene rings is 8. The van der Waals surface area contributed by atoms with E-state index in [0.717, 1.165) is 21.5 Å². The van der Waals surface area contributed by atoms with Crippen molar-refractivity contribution < 1.29 is 0 Å². The second kappa shape index (κ2) is 12.9. The molecule has 0 saturated heterocycles. The third-order valence-corrected chi connectivity index (χ3v) is 13.0. The highest BCUT2D eigenvalue weighted by molar-refractivity contribution is 9.10. The summed E-state index contributed by atoms with van der Waals surface area (Å²) in [5.41, 5.74) is 10.7. The van der Waals surface area contributed by atoms with E-state index in [1.807, 2.05) is 22.7 Å². The van der Waals surface area contributed by atoms with Crippen LogP contribution in [-0.4, -0.2) is 0 Å². The maximum atomic E-state index is 3.57. The lowest BCUT2D eigenvalue weighted by molar-refractivity contribution is 1.28. The number of rotatable bonds is 6. The molecule has 10 aromatic rings. The lowest BCUT2D eigenvalue weighted by Crippen LogP contribution is -2.09. The van der Waals surface area contributed by atoms with Crippen LogP contribution in [0.2, 0.25) is 0 Å². The minimum absolute atomic E-state index is 1.08. The van der Waals surface area contributed by atoms with E-state index in [4.69, 9.17) is 0 Å². The molecule has 0 aliphatic rings. The molecule has 2 aromatic heterocycles. The number of anilines is 3. The van der Waals surface area contributed by atoms with Gasteiger partial charge in [0, 0.05) is 61.9 Å². The van der Waals surface area contributed by atoms with Gasteiger partial charge in [0.25, 0.3) is 0 Å². The standard InChI is InChI=1S/C48H30BrNS2/c49-35-23-15-31(16-24-35)32-17-25-36(26-18-32)50(37-27-19-33(20-28-37)39-9-5-11-43-41-7-1-3-13-45(41)51-47(39)43)38-29-21-34(22-30-38)40-10-6-12-44-42-8-2-4-14-46(42)52-48(40)44/h1-30H. The van der Waals surface area contributed by atoms with Crippen LogP contribution in [0.5, 0.6) is 0 Å². The molecule has 0 fully saturated rings. The van der Waals surface area contributed by atoms with E-state index in [1.165, 1.54) is 73.7 Å². The Morgan fingerprint density at radius 1 is 0.327 bits per heavy atom. The van der Waals surface area contributed by atoms with Gasteiger partial charge in [0.05, 0.1) is 0 Å². The maximum Gasteiger partial charge on any atom is 0.0462 e. The van der Waals surface area contributed by atoms with Crippen LogP contribution in [0.1, 0.15) is 0 Å². The molecule has 0 radical (unpaired) electrons. The Hall–Kier alpha value is -5.52. The molecule has 2 heterocycles. The zero-order valence-electron chi connectivity index (χ0n) is 28.0. The van der Waals surface area contributed by atoms with Crippen LogP contribution >= 0.6 is 38.6 Å². The summed E-state index contributed by atoms with van der Waals surface area (Å²) in [6, 6.07) is 66.3. The van der Waals surface area contributed by atoms with Crippen LogP contribution < -0.4 is 4.90 Å². The van der Waals surface area contributed by atoms with Crippen molar-refractivity contribution in [2.45, 2.75) is 0 Å². The first-order valence-corrected chi connectivity index (χ1v) is 19.8. The van der Waals surface area contributed by atoms with Crippen molar-refractivity contribution in [1.29, 1.82) is 0 Å². The molecule has 8 aromatic carbocycles. The van der Waals surface area contributed by atoms with E-state index in [0.29, 0.717) is 0 Å². The highest BCUT2D eigenvalue weighted by Gasteiger charge is 2.16. The summed E-state index contributed by atoms with van der Waals surface area (Å²) >= 11 is 7.33. The van der Waals surface area contributed by atoms with Crippen LogP contribution in [0.4, 0.5) is 17.1 Å². The van der Waals surface area contributed by atoms with Gasteiger partial charge in [-0.15, -0.1) is 22.7 Å². The van der Waals surface area contributed by atoms with E-state index < -0.39 is 0 Å². The Kier molecular flexibility index (Phi) is 7.76. The minimum atomic E-state index is 1.08. The average Bonchev–Trinajstić information content (AvgIpc) is 3.78. The fraction of sp³-hybridized carbons (Fsp3) is 0. The molecular formula is C48H30BrNS2. The van der Waals surface area contributed by atoms with Crippen LogP contribution in [0.25, 0.3) is 73.7 Å². The van der Waals surface area contributed by atoms with Crippen molar-refractivity contribution in [3.8, 4) is 33.4 Å². The molecule has 0 bridgehead atoms. The lowest BCUT2D eigenvalue weighted by atomic mass is 10.0. The zero-order chi connectivity index (χ0) is 34.6. The Morgan fingerprint density at radius 2 is 0.692 bits per heavy atom. The average molecular weight is 765 g/mol. The fourth-order valence-corrected chi connectivity index (χ4v) is 10.2. The van der Waals surface area contributed by atoms with Crippen LogP contribution in [0.15, 0.2) is 186 Å². The molecule has 4 heteroatoms. The second-order valence-electron chi connectivity index (χ2n) is 13.0. The third-order valence-electron chi connectivity index (χ3n) is 9.98. The number of hydrogen-bond donors (Lipinski definition) is 0. The first kappa shape index (κ1) is 31.2. The number of fused-ring (bicyclic) bond motifs is 6. The van der Waals surface area contributed by atoms with Crippen LogP contribution in [-0.2, 0) is 0 Å². The zero-order valence-corrected chi connectivity index (χ0v) is 31.2. The molecule has 0 amide bonds. The van der Waals surface area contributed by atoms with Crippen molar-refractivity contribution in [3.63, 3.8) is 0 Å². The van der Waals surface area contributed by atoms with Gasteiger partial charge < -0.3 is 4.90 Å². The van der Waals surface area contributed by atoms with Gasteiger partial charge >= 0.3 is 0 Å². The molecule has 0 N–H and O–H groups in total. The Labute approximate surface area is 318 Å². The first-order valence-electron chi connectivity index (χ1n) is 17.4. The lowest BCUT2D eigenvalue weighted by Gasteiger charge is -2.26. The van der Waals surface area contributed by atoms with Gasteiger partial charge in [-0.05, 0) is 94.0 Å². The Bertz CT molecular complexity index is 2730. The molecule has 0 atom stereocenters. The summed E-state index contributed by atoms with van der Waals surface area (Å²) < 4.78 is 6.40. The topological polar surface area (TPSA) is 3.24 Å². The molecule has 0 spiro atoms. The SMILES string of the molecule is Brc1ccc(-c2ccc(N(c3ccc(-c4cccc5c4sc4ccccc45)cc3)c3ccc(-c4cccc5c4sc4ccccc45)cc3)cc2)cc1. The third kappa shape index (κ3) is 5.43. The first-order chi connectivity index (χ1) is 25.7. The van der Waals surface area contributed by atoms with E-state index in [2.05, 4.69) is 203 Å². The summed E-state index contributed by atoms with van der Waals surface area (Å²) in [4.78, 5) is 2.36. The van der Waals surface area contributed by atoms with Gasteiger partial charge in [0.2, 0.25) is 0 Å². The summed E-state index contributed by atoms with van der Waals surface area (Å²) in [5, 5.41) is 5.29. The summed E-state index contributed by atoms with van der Waals surface area (Å²) in [6.45, 7) is 0. The summed E-state index contributed by atoms with van der Waals surface area (Å²) in [6.07, 6.45) is 0. The van der Waals surface area contributed by atoms with E-state index in [1.54, 1.807) is 0 Å². The van der Waals surface area contributed by atoms with Gasteiger partial charge in [-0.2, -0.15) is 0 Å². The molecule has 10 rings (SSSR count). The van der Waals surface area contributed by atoms with Gasteiger partial charge in [0.15, 0.2) is 0 Å². The molecular weight excluding hydrogens is 735 g/mol. The molecule has 246 valence electrons. The Morgan fingerprint density at radius 3 is 1.13 bits per heavy atom. The molecule has 1 nitrogen and oxygen atoms in total. The molecule has 0 saturated carbocycles. The Balaban J connectivity index is 1.05. The van der Waals surface area contributed by atoms with Gasteiger partial charge in [0.1, 0.15) is 0 Å². The fourth-order valence-electron chi connectivity index (χ4n) is 7.42. The summed E-state index contributed by atoms with van der Waals surface area (Å²) in [7, 11) is 0. The summed E-state index contributed by atoms with van der Waals surface area (Å²) in [5.74, 6) is 0. The van der Waals surface area contributed by atoms with Crippen LogP contribution in [0, 0.1) is 0 Å². The second-order valence-corrected chi connectivity index (χ2v) is 16.1. The van der Waals surface area contributed by atoms with Crippen LogP contribution in [0.3, 0.4) is 0 Å². The smallest absolute Gasteiger partial charge is 0.0462 e. The van der Waals surface area contributed by atoms with Gasteiger partial charge in [-0.25, -0.2) is 0 Å². The molecule has 0 aliphatic carbocycles. The largest absolute Gasteiger partial charge is 0.311 e. The predicted molar refractivity (Wildman–Crippen MR) is 231 cm³/mol. The number of halogens is 1. The predicted octanol–water partition coefficient (Wildman–Crippen LogP) is 15.7. The molecule has 0 aliphatic heterocycles. The highest BCUT2D eigenvalue weighted by Crippen LogP contribution is 2.43. The number of thiophene rings is 2. The normalized spacial score (nSPS) is 11.6. The van der Waals surface area contributed by atoms with E-state index in [9.17, 15) is 0 Å². The highest BCUT2D eigenvalue weighted by atomic mass is 79.9. The van der Waals surface area contributed by atoms with E-state index in [-0.39, 0.29) is 0 Å².